The number of carbonyl (C=O) groups is 2. The normalized spacial score (nSPS) is 45.2. The average Bonchev–Trinajstić information content (AvgIpc) is 2.32. The number of nitrogens with zero attached hydrogens (tertiary/aromatic N) is 2. The number of hydrogen-bond donors (Lipinski definition) is 1. The van der Waals surface area contributed by atoms with Crippen molar-refractivity contribution in [3.05, 3.63) is 0 Å². The van der Waals surface area contributed by atoms with Gasteiger partial charge in [0.1, 0.15) is 13.1 Å². The van der Waals surface area contributed by atoms with Crippen LogP contribution in [-0.2, 0) is 9.59 Å². The van der Waals surface area contributed by atoms with Gasteiger partial charge in [-0.25, -0.2) is 5.84 Å². The number of hydrogen-bond acceptors (Lipinski definition) is 3. The molecule has 5 nitrogen and oxygen atoms in total. The number of nitrogens with two attached hydrogens (primary N) is 1. The third kappa shape index (κ3) is 1.64. The van der Waals surface area contributed by atoms with Gasteiger partial charge in [0.05, 0.1) is 0 Å². The van der Waals surface area contributed by atoms with Crippen LogP contribution in [0, 0.1) is 17.8 Å². The van der Waals surface area contributed by atoms with Gasteiger partial charge >= 0.3 is 0 Å². The molecule has 104 valence electrons. The Labute approximate surface area is 113 Å². The van der Waals surface area contributed by atoms with Gasteiger partial charge in [-0.1, -0.05) is 0 Å². The molecule has 2 amide bonds. The van der Waals surface area contributed by atoms with Crippen LogP contribution in [0.15, 0.2) is 0 Å². The van der Waals surface area contributed by atoms with E-state index >= 15 is 0 Å². The molecule has 5 aliphatic rings. The highest BCUT2D eigenvalue weighted by molar-refractivity contribution is 5.92. The van der Waals surface area contributed by atoms with Crippen LogP contribution in [0.2, 0.25) is 0 Å². The number of amides is 2. The molecule has 1 heterocycles. The zero-order valence-electron chi connectivity index (χ0n) is 11.2. The quantitative estimate of drug-likeness (QED) is 0.553. The van der Waals surface area contributed by atoms with Crippen LogP contribution in [0.3, 0.4) is 0 Å². The van der Waals surface area contributed by atoms with E-state index in [0.29, 0.717) is 0 Å². The van der Waals surface area contributed by atoms with Crippen LogP contribution in [0.5, 0.6) is 0 Å². The Kier molecular flexibility index (Phi) is 2.29. The predicted molar refractivity (Wildman–Crippen MR) is 68.5 cm³/mol. The van der Waals surface area contributed by atoms with Gasteiger partial charge in [-0.15, -0.1) is 0 Å². The first kappa shape index (κ1) is 11.7. The predicted octanol–water partition coefficient (Wildman–Crippen LogP) is 0.500. The Morgan fingerprint density at radius 3 is 1.95 bits per heavy atom. The lowest BCUT2D eigenvalue weighted by molar-refractivity contribution is -0.167. The second kappa shape index (κ2) is 3.72. The molecule has 0 aromatic carbocycles. The third-order valence-electron chi connectivity index (χ3n) is 5.80. The molecule has 0 unspecified atom stereocenters. The molecule has 0 atom stereocenters. The summed E-state index contributed by atoms with van der Waals surface area (Å²) < 4.78 is 0. The molecule has 2 N–H and O–H groups in total. The summed E-state index contributed by atoms with van der Waals surface area (Å²) in [5, 5.41) is 1.07. The van der Waals surface area contributed by atoms with E-state index in [4.69, 9.17) is 5.84 Å². The largest absolute Gasteiger partial charge is 0.326 e. The van der Waals surface area contributed by atoms with Gasteiger partial charge in [0.2, 0.25) is 5.91 Å². The van der Waals surface area contributed by atoms with Crippen molar-refractivity contribution in [2.45, 2.75) is 44.1 Å². The number of rotatable bonds is 1. The molecular formula is C14H21N3O2. The molecule has 4 aliphatic carbocycles. The molecule has 19 heavy (non-hydrogen) atoms. The van der Waals surface area contributed by atoms with Gasteiger partial charge in [0.25, 0.3) is 5.91 Å². The zero-order valence-corrected chi connectivity index (χ0v) is 11.2. The Morgan fingerprint density at radius 1 is 0.895 bits per heavy atom. The summed E-state index contributed by atoms with van der Waals surface area (Å²) in [6.45, 7) is 0.252. The highest BCUT2D eigenvalue weighted by Crippen LogP contribution is 2.57. The second-order valence-electron chi connectivity index (χ2n) is 7.14. The van der Waals surface area contributed by atoms with Crippen molar-refractivity contribution in [2.75, 3.05) is 13.1 Å². The summed E-state index contributed by atoms with van der Waals surface area (Å²) in [6, 6.07) is 0. The molecule has 4 saturated carbocycles. The van der Waals surface area contributed by atoms with Crippen LogP contribution in [0.25, 0.3) is 0 Å². The maximum atomic E-state index is 12.3. The zero-order chi connectivity index (χ0) is 13.2. The molecular weight excluding hydrogens is 242 g/mol. The van der Waals surface area contributed by atoms with Gasteiger partial charge in [-0.3, -0.25) is 14.6 Å². The van der Waals surface area contributed by atoms with E-state index in [-0.39, 0.29) is 30.4 Å². The number of hydrazine groups is 1. The molecule has 1 saturated heterocycles. The first-order valence-electron chi connectivity index (χ1n) is 7.41. The van der Waals surface area contributed by atoms with Crippen molar-refractivity contribution in [2.24, 2.45) is 23.6 Å². The van der Waals surface area contributed by atoms with Gasteiger partial charge in [-0.2, -0.15) is 0 Å². The van der Waals surface area contributed by atoms with E-state index in [1.54, 1.807) is 0 Å². The van der Waals surface area contributed by atoms with Crippen LogP contribution < -0.4 is 5.84 Å². The van der Waals surface area contributed by atoms with E-state index in [2.05, 4.69) is 0 Å². The van der Waals surface area contributed by atoms with Crippen molar-refractivity contribution in [3.8, 4) is 0 Å². The van der Waals surface area contributed by atoms with Crippen molar-refractivity contribution < 1.29 is 9.59 Å². The average molecular weight is 263 g/mol. The smallest absolute Gasteiger partial charge is 0.256 e. The Hall–Kier alpha value is -1.10. The summed E-state index contributed by atoms with van der Waals surface area (Å²) in [7, 11) is 0. The fourth-order valence-corrected chi connectivity index (χ4v) is 5.46. The Balaban J connectivity index is 1.64. The van der Waals surface area contributed by atoms with Crippen LogP contribution in [-0.4, -0.2) is 40.4 Å². The first-order chi connectivity index (χ1) is 9.06. The van der Waals surface area contributed by atoms with E-state index in [1.807, 2.05) is 4.90 Å². The topological polar surface area (TPSA) is 66.6 Å². The lowest BCUT2D eigenvalue weighted by atomic mass is 9.52. The van der Waals surface area contributed by atoms with Crippen molar-refractivity contribution >= 4 is 11.8 Å². The Bertz CT molecular complexity index is 413. The van der Waals surface area contributed by atoms with E-state index in [0.717, 1.165) is 42.0 Å². The monoisotopic (exact) mass is 263 g/mol. The summed E-state index contributed by atoms with van der Waals surface area (Å²) in [4.78, 5) is 26.1. The van der Waals surface area contributed by atoms with Crippen molar-refractivity contribution in [1.29, 1.82) is 0 Å². The fourth-order valence-electron chi connectivity index (χ4n) is 5.46. The lowest BCUT2D eigenvalue weighted by Crippen LogP contribution is -2.67. The molecule has 0 aromatic rings. The molecule has 5 fully saturated rings. The Morgan fingerprint density at radius 2 is 1.42 bits per heavy atom. The third-order valence-corrected chi connectivity index (χ3v) is 5.80. The molecule has 0 aromatic heterocycles. The summed E-state index contributed by atoms with van der Waals surface area (Å²) in [5.74, 6) is 7.84. The van der Waals surface area contributed by atoms with E-state index in [9.17, 15) is 9.59 Å². The lowest BCUT2D eigenvalue weighted by Gasteiger charge is -2.61. The minimum atomic E-state index is -0.115. The van der Waals surface area contributed by atoms with Gasteiger partial charge in [-0.05, 0) is 56.3 Å². The highest BCUT2D eigenvalue weighted by atomic mass is 16.2. The van der Waals surface area contributed by atoms with Crippen LogP contribution in [0.4, 0.5) is 0 Å². The molecule has 4 bridgehead atoms. The minimum absolute atomic E-state index is 0.0112. The van der Waals surface area contributed by atoms with Crippen LogP contribution >= 0.6 is 0 Å². The maximum Gasteiger partial charge on any atom is 0.256 e. The highest BCUT2D eigenvalue weighted by Gasteiger charge is 2.55. The maximum absolute atomic E-state index is 12.3. The minimum Gasteiger partial charge on any atom is -0.326 e. The van der Waals surface area contributed by atoms with Crippen LogP contribution in [0.1, 0.15) is 38.5 Å². The number of piperazine rings is 1. The standard InChI is InChI=1S/C14H21N3O2/c15-17-8-12(18)16(7-13(17)19)14-4-9-1-10(5-14)3-11(2-9)6-14/h9-11H,1-8,15H2. The molecule has 1 aliphatic heterocycles. The molecule has 5 rings (SSSR count). The van der Waals surface area contributed by atoms with E-state index in [1.165, 1.54) is 19.3 Å². The molecule has 0 spiro atoms. The summed E-state index contributed by atoms with van der Waals surface area (Å²) in [5.41, 5.74) is -0.0112. The van der Waals surface area contributed by atoms with Crippen molar-refractivity contribution in [1.82, 2.24) is 9.91 Å². The SMILES string of the molecule is NN1CC(=O)N(C23CC4CC(CC(C4)C2)C3)CC1=O. The molecule has 5 heteroatoms. The second-order valence-corrected chi connectivity index (χ2v) is 7.14. The molecule has 0 radical (unpaired) electrons. The van der Waals surface area contributed by atoms with Crippen molar-refractivity contribution in [3.63, 3.8) is 0 Å². The van der Waals surface area contributed by atoms with Gasteiger partial charge in [0, 0.05) is 5.54 Å². The van der Waals surface area contributed by atoms with E-state index < -0.39 is 0 Å². The van der Waals surface area contributed by atoms with Gasteiger partial charge in [0.15, 0.2) is 0 Å². The number of carbonyl (C=O) groups excluding carboxylic acids is 2. The summed E-state index contributed by atoms with van der Waals surface area (Å²) >= 11 is 0. The first-order valence-corrected chi connectivity index (χ1v) is 7.41. The van der Waals surface area contributed by atoms with Gasteiger partial charge < -0.3 is 4.90 Å². The summed E-state index contributed by atoms with van der Waals surface area (Å²) in [6.07, 6.45) is 7.38. The fraction of sp³-hybridized carbons (Fsp3) is 0.857.